The second-order valence-corrected chi connectivity index (χ2v) is 8.10. The zero-order valence-electron chi connectivity index (χ0n) is 17.6. The number of unbranched alkanes of at least 4 members (excludes halogenated alkanes) is 1. The van der Waals surface area contributed by atoms with Crippen LogP contribution >= 0.6 is 0 Å². The first-order chi connectivity index (χ1) is 13.5. The van der Waals surface area contributed by atoms with Crippen molar-refractivity contribution >= 4 is 12.1 Å². The van der Waals surface area contributed by atoms with Crippen molar-refractivity contribution in [3.8, 4) is 0 Å². The van der Waals surface area contributed by atoms with Crippen molar-refractivity contribution in [2.45, 2.75) is 103 Å². The fourth-order valence-corrected chi connectivity index (χ4v) is 5.07. The Morgan fingerprint density at radius 2 is 1.68 bits per heavy atom. The van der Waals surface area contributed by atoms with Gasteiger partial charge in [0, 0.05) is 12.8 Å². The van der Waals surface area contributed by atoms with Gasteiger partial charge in [0.25, 0.3) is 0 Å². The highest BCUT2D eigenvalue weighted by Crippen LogP contribution is 2.52. The maximum absolute atomic E-state index is 12.8. The summed E-state index contributed by atoms with van der Waals surface area (Å²) in [7, 11) is 0. The zero-order valence-corrected chi connectivity index (χ0v) is 17.6. The monoisotopic (exact) mass is 397 g/mol. The number of esters is 1. The molecule has 7 nitrogen and oxygen atoms in total. The van der Waals surface area contributed by atoms with Crippen LogP contribution in [0.3, 0.4) is 0 Å². The summed E-state index contributed by atoms with van der Waals surface area (Å²) in [6.45, 7) is 8.80. The Bertz CT molecular complexity index is 561. The van der Waals surface area contributed by atoms with Crippen LogP contribution in [0.1, 0.15) is 72.6 Å². The highest BCUT2D eigenvalue weighted by atomic mass is 16.8. The fourth-order valence-electron chi connectivity index (χ4n) is 5.07. The molecule has 2 bridgehead atoms. The Morgan fingerprint density at radius 3 is 2.29 bits per heavy atom. The number of amides is 1. The third kappa shape index (κ3) is 3.75. The summed E-state index contributed by atoms with van der Waals surface area (Å²) in [4.78, 5) is 27.1. The number of hydrogen-bond donors (Lipinski definition) is 0. The molecule has 0 aliphatic carbocycles. The molecule has 0 radical (unpaired) electrons. The fraction of sp³-hybridized carbons (Fsp3) is 0.905. The molecule has 5 atom stereocenters. The van der Waals surface area contributed by atoms with Crippen LogP contribution in [-0.2, 0) is 23.7 Å². The van der Waals surface area contributed by atoms with Gasteiger partial charge in [0.15, 0.2) is 5.79 Å². The highest BCUT2D eigenvalue weighted by molar-refractivity contribution is 5.78. The lowest BCUT2D eigenvalue weighted by Crippen LogP contribution is -2.46. The van der Waals surface area contributed by atoms with Gasteiger partial charge in [-0.05, 0) is 19.8 Å². The van der Waals surface area contributed by atoms with Gasteiger partial charge < -0.3 is 18.9 Å². The maximum Gasteiger partial charge on any atom is 0.410 e. The van der Waals surface area contributed by atoms with Gasteiger partial charge in [0.2, 0.25) is 0 Å². The van der Waals surface area contributed by atoms with Gasteiger partial charge in [-0.15, -0.1) is 0 Å². The predicted octanol–water partition coefficient (Wildman–Crippen LogP) is 3.64. The van der Waals surface area contributed by atoms with Gasteiger partial charge in [-0.1, -0.05) is 40.0 Å². The van der Waals surface area contributed by atoms with Crippen LogP contribution in [0.5, 0.6) is 0 Å². The van der Waals surface area contributed by atoms with Crippen LogP contribution in [-0.4, -0.2) is 60.3 Å². The lowest BCUT2D eigenvalue weighted by Gasteiger charge is -2.32. The predicted molar refractivity (Wildman–Crippen MR) is 103 cm³/mol. The van der Waals surface area contributed by atoms with Crippen LogP contribution in [0, 0.1) is 5.92 Å². The molecular formula is C21H35NO6. The molecule has 0 saturated carbocycles. The molecule has 160 valence electrons. The minimum absolute atomic E-state index is 0.200. The normalized spacial score (nSPS) is 32.4. The zero-order chi connectivity index (χ0) is 20.3. The number of hydrogen-bond acceptors (Lipinski definition) is 6. The van der Waals surface area contributed by atoms with Gasteiger partial charge in [-0.2, -0.15) is 0 Å². The molecule has 0 aromatic heterocycles. The largest absolute Gasteiger partial charge is 0.466 e. The van der Waals surface area contributed by atoms with E-state index in [9.17, 15) is 9.59 Å². The number of carbonyl (C=O) groups is 2. The van der Waals surface area contributed by atoms with Gasteiger partial charge in [-0.3, -0.25) is 9.69 Å². The minimum atomic E-state index is -0.600. The van der Waals surface area contributed by atoms with E-state index in [-0.39, 0.29) is 42.3 Å². The van der Waals surface area contributed by atoms with Crippen LogP contribution < -0.4 is 0 Å². The SMILES string of the molecule is CCCCOC(=O)N1C2CC(C(=O)OCC)C1C1OC(CCC)(CCC)OC12. The summed E-state index contributed by atoms with van der Waals surface area (Å²) in [5, 5.41) is 0. The molecule has 3 heterocycles. The van der Waals surface area contributed by atoms with Gasteiger partial charge in [0.05, 0.1) is 31.2 Å². The van der Waals surface area contributed by atoms with Crippen LogP contribution in [0.15, 0.2) is 0 Å². The second-order valence-electron chi connectivity index (χ2n) is 8.10. The lowest BCUT2D eigenvalue weighted by atomic mass is 9.85. The molecule has 3 saturated heterocycles. The first-order valence-corrected chi connectivity index (χ1v) is 11.0. The number of ether oxygens (including phenoxy) is 4. The second kappa shape index (κ2) is 8.99. The first-order valence-electron chi connectivity index (χ1n) is 11.0. The quantitative estimate of drug-likeness (QED) is 0.437. The van der Waals surface area contributed by atoms with Crippen molar-refractivity contribution in [2.75, 3.05) is 13.2 Å². The number of carbonyl (C=O) groups excluding carboxylic acids is 2. The van der Waals surface area contributed by atoms with Crippen molar-refractivity contribution < 1.29 is 28.5 Å². The molecule has 0 N–H and O–H groups in total. The molecule has 3 aliphatic heterocycles. The van der Waals surface area contributed by atoms with Crippen molar-refractivity contribution in [1.82, 2.24) is 4.90 Å². The summed E-state index contributed by atoms with van der Waals surface area (Å²) in [5.74, 6) is -1.24. The van der Waals surface area contributed by atoms with Crippen molar-refractivity contribution in [1.29, 1.82) is 0 Å². The summed E-state index contributed by atoms with van der Waals surface area (Å²) >= 11 is 0. The van der Waals surface area contributed by atoms with E-state index in [4.69, 9.17) is 18.9 Å². The molecule has 3 rings (SSSR count). The standard InChI is InChI=1S/C21H35NO6/c1-5-9-12-26-20(24)22-15-13-14(19(23)25-8-4)16(22)18-17(15)27-21(28-18,10-6-2)11-7-3/h14-18H,5-13H2,1-4H3. The van der Waals surface area contributed by atoms with E-state index in [0.717, 1.165) is 38.5 Å². The van der Waals surface area contributed by atoms with E-state index in [1.165, 1.54) is 0 Å². The third-order valence-electron chi connectivity index (χ3n) is 6.11. The average molecular weight is 398 g/mol. The van der Waals surface area contributed by atoms with Crippen LogP contribution in [0.25, 0.3) is 0 Å². The van der Waals surface area contributed by atoms with E-state index in [1.807, 2.05) is 0 Å². The van der Waals surface area contributed by atoms with E-state index in [1.54, 1.807) is 11.8 Å². The molecule has 5 unspecified atom stereocenters. The Balaban J connectivity index is 1.81. The molecule has 0 aromatic carbocycles. The van der Waals surface area contributed by atoms with E-state index in [0.29, 0.717) is 19.6 Å². The van der Waals surface area contributed by atoms with Crippen LogP contribution in [0.2, 0.25) is 0 Å². The Morgan fingerprint density at radius 1 is 1.00 bits per heavy atom. The highest BCUT2D eigenvalue weighted by Gasteiger charge is 2.68. The molecule has 3 aliphatic rings. The van der Waals surface area contributed by atoms with Crippen molar-refractivity contribution in [2.24, 2.45) is 5.92 Å². The summed E-state index contributed by atoms with van der Waals surface area (Å²) in [6, 6.07) is -0.576. The Hall–Kier alpha value is -1.34. The lowest BCUT2D eigenvalue weighted by molar-refractivity contribution is -0.198. The molecule has 28 heavy (non-hydrogen) atoms. The molecular weight excluding hydrogens is 362 g/mol. The first kappa shape index (κ1) is 21.4. The minimum Gasteiger partial charge on any atom is -0.466 e. The topological polar surface area (TPSA) is 74.3 Å². The van der Waals surface area contributed by atoms with Crippen molar-refractivity contribution in [3.63, 3.8) is 0 Å². The smallest absolute Gasteiger partial charge is 0.410 e. The van der Waals surface area contributed by atoms with Crippen molar-refractivity contribution in [3.05, 3.63) is 0 Å². The van der Waals surface area contributed by atoms with E-state index < -0.39 is 5.79 Å². The average Bonchev–Trinajstić information content (AvgIpc) is 3.29. The van der Waals surface area contributed by atoms with Crippen LogP contribution in [0.4, 0.5) is 4.79 Å². The van der Waals surface area contributed by atoms with Gasteiger partial charge >= 0.3 is 12.1 Å². The molecule has 0 spiro atoms. The molecule has 3 fully saturated rings. The number of rotatable bonds is 9. The van der Waals surface area contributed by atoms with Gasteiger partial charge in [-0.25, -0.2) is 4.79 Å². The molecule has 7 heteroatoms. The maximum atomic E-state index is 12.8. The summed E-state index contributed by atoms with van der Waals surface area (Å²) in [6.07, 6.45) is 5.01. The Labute approximate surface area is 168 Å². The van der Waals surface area contributed by atoms with E-state index >= 15 is 0 Å². The summed E-state index contributed by atoms with van der Waals surface area (Å²) < 4.78 is 23.7. The molecule has 1 amide bonds. The summed E-state index contributed by atoms with van der Waals surface area (Å²) in [5.41, 5.74) is 0. The van der Waals surface area contributed by atoms with E-state index in [2.05, 4.69) is 20.8 Å². The molecule has 0 aromatic rings. The Kier molecular flexibility index (Phi) is 6.86. The third-order valence-corrected chi connectivity index (χ3v) is 6.11. The number of nitrogens with zero attached hydrogens (tertiary/aromatic N) is 1. The van der Waals surface area contributed by atoms with Gasteiger partial charge in [0.1, 0.15) is 12.2 Å². The number of fused-ring (bicyclic) bond motifs is 5.